The molecule has 0 aliphatic heterocycles. The Hall–Kier alpha value is -2.11. The van der Waals surface area contributed by atoms with E-state index >= 15 is 0 Å². The van der Waals surface area contributed by atoms with Gasteiger partial charge in [-0.1, -0.05) is 12.1 Å². The maximum absolute atomic E-state index is 11.8. The first kappa shape index (κ1) is 14.9. The number of para-hydroxylation sites is 2. The molecule has 0 amide bonds. The summed E-state index contributed by atoms with van der Waals surface area (Å²) in [6, 6.07) is 5.50. The fraction of sp³-hybridized carbons (Fsp3) is 0.462. The number of nitro groups is 1. The van der Waals surface area contributed by atoms with Crippen LogP contribution >= 0.6 is 0 Å². The third-order valence-corrected chi connectivity index (χ3v) is 2.23. The second kappa shape index (κ2) is 5.69. The van der Waals surface area contributed by atoms with Crippen LogP contribution in [0.4, 0.5) is 11.4 Å². The van der Waals surface area contributed by atoms with Gasteiger partial charge in [0.25, 0.3) is 5.69 Å². The normalized spacial score (nSPS) is 12.6. The number of carbonyl (C=O) groups is 1. The van der Waals surface area contributed by atoms with Crippen molar-refractivity contribution in [2.45, 2.75) is 39.3 Å². The topological polar surface area (TPSA) is 81.5 Å². The maximum Gasteiger partial charge on any atom is 0.328 e. The second-order valence-corrected chi connectivity index (χ2v) is 5.17. The molecule has 1 aromatic rings. The molecular weight excluding hydrogens is 248 g/mol. The van der Waals surface area contributed by atoms with Gasteiger partial charge in [0.1, 0.15) is 17.3 Å². The molecule has 0 unspecified atom stereocenters. The van der Waals surface area contributed by atoms with E-state index in [4.69, 9.17) is 4.74 Å². The lowest BCUT2D eigenvalue weighted by Crippen LogP contribution is -2.34. The lowest BCUT2D eigenvalue weighted by Gasteiger charge is -2.23. The first-order chi connectivity index (χ1) is 8.70. The number of nitro benzene ring substituents is 1. The Labute approximate surface area is 111 Å². The van der Waals surface area contributed by atoms with E-state index < -0.39 is 22.5 Å². The molecule has 0 aliphatic rings. The molecule has 1 atom stereocenters. The Balaban J connectivity index is 2.80. The van der Waals surface area contributed by atoms with Gasteiger partial charge in [-0.25, -0.2) is 4.79 Å². The van der Waals surface area contributed by atoms with Crippen molar-refractivity contribution >= 4 is 17.3 Å². The predicted octanol–water partition coefficient (Wildman–Crippen LogP) is 2.74. The molecule has 19 heavy (non-hydrogen) atoms. The highest BCUT2D eigenvalue weighted by atomic mass is 16.6. The standard InChI is InChI=1S/C13H18N2O4/c1-9(12(16)19-13(2,3)4)14-10-7-5-6-8-11(10)15(17)18/h5-9,14H,1-4H3/t9-/m0/s1. The highest BCUT2D eigenvalue weighted by molar-refractivity contribution is 5.80. The number of nitrogens with one attached hydrogen (secondary N) is 1. The lowest BCUT2D eigenvalue weighted by molar-refractivity contribution is -0.384. The summed E-state index contributed by atoms with van der Waals surface area (Å²) in [5, 5.41) is 13.6. The summed E-state index contributed by atoms with van der Waals surface area (Å²) in [4.78, 5) is 22.1. The van der Waals surface area contributed by atoms with Crippen LogP contribution in [0.1, 0.15) is 27.7 Å². The van der Waals surface area contributed by atoms with Crippen LogP contribution < -0.4 is 5.32 Å². The zero-order valence-corrected chi connectivity index (χ0v) is 11.5. The molecule has 0 aromatic heterocycles. The smallest absolute Gasteiger partial charge is 0.328 e. The van der Waals surface area contributed by atoms with E-state index in [-0.39, 0.29) is 5.69 Å². The molecule has 0 fully saturated rings. The first-order valence-electron chi connectivity index (χ1n) is 5.93. The number of rotatable bonds is 4. The van der Waals surface area contributed by atoms with Crippen molar-refractivity contribution in [1.29, 1.82) is 0 Å². The summed E-state index contributed by atoms with van der Waals surface area (Å²) in [6.07, 6.45) is 0. The third kappa shape index (κ3) is 4.57. The third-order valence-electron chi connectivity index (χ3n) is 2.23. The second-order valence-electron chi connectivity index (χ2n) is 5.17. The predicted molar refractivity (Wildman–Crippen MR) is 72.0 cm³/mol. The Kier molecular flexibility index (Phi) is 4.47. The summed E-state index contributed by atoms with van der Waals surface area (Å²) in [5.74, 6) is -0.453. The highest BCUT2D eigenvalue weighted by Crippen LogP contribution is 2.24. The SMILES string of the molecule is C[C@H](Nc1ccccc1[N+](=O)[O-])C(=O)OC(C)(C)C. The number of hydrogen-bond donors (Lipinski definition) is 1. The fourth-order valence-corrected chi connectivity index (χ4v) is 1.44. The Morgan fingerprint density at radius 1 is 1.37 bits per heavy atom. The van der Waals surface area contributed by atoms with Crippen LogP contribution in [0.2, 0.25) is 0 Å². The van der Waals surface area contributed by atoms with E-state index in [0.29, 0.717) is 5.69 Å². The summed E-state index contributed by atoms with van der Waals surface area (Å²) in [5.41, 5.74) is -0.362. The van der Waals surface area contributed by atoms with Gasteiger partial charge in [0.2, 0.25) is 0 Å². The number of ether oxygens (including phenoxy) is 1. The molecule has 6 heteroatoms. The lowest BCUT2D eigenvalue weighted by atomic mass is 10.2. The molecule has 0 saturated carbocycles. The van der Waals surface area contributed by atoms with Crippen LogP contribution in [0.15, 0.2) is 24.3 Å². The van der Waals surface area contributed by atoms with Crippen molar-refractivity contribution in [3.63, 3.8) is 0 Å². The summed E-state index contributed by atoms with van der Waals surface area (Å²) in [7, 11) is 0. The van der Waals surface area contributed by atoms with Crippen LogP contribution in [0, 0.1) is 10.1 Å². The maximum atomic E-state index is 11.8. The van der Waals surface area contributed by atoms with Crippen LogP contribution in [0.5, 0.6) is 0 Å². The van der Waals surface area contributed by atoms with E-state index in [9.17, 15) is 14.9 Å². The van der Waals surface area contributed by atoms with E-state index in [1.165, 1.54) is 6.07 Å². The van der Waals surface area contributed by atoms with Gasteiger partial charge in [-0.05, 0) is 33.8 Å². The summed E-state index contributed by atoms with van der Waals surface area (Å²) in [6.45, 7) is 6.90. The first-order valence-corrected chi connectivity index (χ1v) is 5.93. The van der Waals surface area contributed by atoms with Gasteiger partial charge in [-0.3, -0.25) is 10.1 Å². The van der Waals surface area contributed by atoms with Crippen molar-refractivity contribution in [1.82, 2.24) is 0 Å². The van der Waals surface area contributed by atoms with Crippen molar-refractivity contribution in [3.8, 4) is 0 Å². The Morgan fingerprint density at radius 2 is 1.95 bits per heavy atom. The zero-order valence-electron chi connectivity index (χ0n) is 11.5. The molecule has 1 rings (SSSR count). The molecule has 0 saturated heterocycles. The van der Waals surface area contributed by atoms with Crippen LogP contribution in [-0.2, 0) is 9.53 Å². The number of nitrogens with zero attached hydrogens (tertiary/aromatic N) is 1. The van der Waals surface area contributed by atoms with E-state index in [0.717, 1.165) is 0 Å². The molecule has 1 N–H and O–H groups in total. The number of esters is 1. The van der Waals surface area contributed by atoms with Crippen molar-refractivity contribution < 1.29 is 14.5 Å². The van der Waals surface area contributed by atoms with Crippen LogP contribution in [-0.4, -0.2) is 22.5 Å². The highest BCUT2D eigenvalue weighted by Gasteiger charge is 2.23. The monoisotopic (exact) mass is 266 g/mol. The van der Waals surface area contributed by atoms with Gasteiger partial charge in [0.05, 0.1) is 4.92 Å². The van der Waals surface area contributed by atoms with Gasteiger partial charge >= 0.3 is 5.97 Å². The molecule has 0 heterocycles. The number of carbonyl (C=O) groups excluding carboxylic acids is 1. The van der Waals surface area contributed by atoms with Crippen LogP contribution in [0.3, 0.4) is 0 Å². The zero-order chi connectivity index (χ0) is 14.6. The molecule has 104 valence electrons. The van der Waals surface area contributed by atoms with E-state index in [1.54, 1.807) is 45.9 Å². The number of anilines is 1. The van der Waals surface area contributed by atoms with Gasteiger partial charge in [-0.2, -0.15) is 0 Å². The minimum absolute atomic E-state index is 0.0714. The molecular formula is C13H18N2O4. The summed E-state index contributed by atoms with van der Waals surface area (Å²) < 4.78 is 5.20. The van der Waals surface area contributed by atoms with Crippen molar-refractivity contribution in [2.75, 3.05) is 5.32 Å². The van der Waals surface area contributed by atoms with E-state index in [2.05, 4.69) is 5.32 Å². The quantitative estimate of drug-likeness (QED) is 0.515. The fourth-order valence-electron chi connectivity index (χ4n) is 1.44. The molecule has 1 aromatic carbocycles. The Bertz CT molecular complexity index is 480. The summed E-state index contributed by atoms with van der Waals surface area (Å²) >= 11 is 0. The number of hydrogen-bond acceptors (Lipinski definition) is 5. The minimum Gasteiger partial charge on any atom is -0.458 e. The van der Waals surface area contributed by atoms with Gasteiger partial charge in [0, 0.05) is 6.07 Å². The minimum atomic E-state index is -0.666. The molecule has 6 nitrogen and oxygen atoms in total. The Morgan fingerprint density at radius 3 is 2.47 bits per heavy atom. The van der Waals surface area contributed by atoms with Crippen molar-refractivity contribution in [3.05, 3.63) is 34.4 Å². The average Bonchev–Trinajstić information content (AvgIpc) is 2.27. The number of benzene rings is 1. The van der Waals surface area contributed by atoms with Gasteiger partial charge in [-0.15, -0.1) is 0 Å². The van der Waals surface area contributed by atoms with Gasteiger partial charge in [0.15, 0.2) is 0 Å². The molecule has 0 spiro atoms. The van der Waals surface area contributed by atoms with E-state index in [1.807, 2.05) is 0 Å². The molecule has 0 radical (unpaired) electrons. The molecule has 0 aliphatic carbocycles. The van der Waals surface area contributed by atoms with Crippen LogP contribution in [0.25, 0.3) is 0 Å². The van der Waals surface area contributed by atoms with Gasteiger partial charge < -0.3 is 10.1 Å². The largest absolute Gasteiger partial charge is 0.458 e. The average molecular weight is 266 g/mol. The molecule has 0 bridgehead atoms. The van der Waals surface area contributed by atoms with Crippen molar-refractivity contribution in [2.24, 2.45) is 0 Å².